The molecule has 0 spiro atoms. The van der Waals surface area contributed by atoms with Crippen LogP contribution in [-0.4, -0.2) is 36.9 Å². The molecule has 2 rings (SSSR count). The molecule has 0 aromatic heterocycles. The second-order valence-electron chi connectivity index (χ2n) is 6.94. The monoisotopic (exact) mass is 425 g/mol. The maximum atomic E-state index is 14.0. The van der Waals surface area contributed by atoms with E-state index in [1.165, 1.54) is 18.1 Å². The molecule has 150 valence electrons. The third kappa shape index (κ3) is 5.53. The molecule has 1 amide bonds. The summed E-state index contributed by atoms with van der Waals surface area (Å²) in [6.07, 6.45) is -0.176. The number of nitrogens with zero attached hydrogens (tertiary/aromatic N) is 1. The normalized spacial score (nSPS) is 11.4. The minimum absolute atomic E-state index is 0.129. The molecule has 0 bridgehead atoms. The first kappa shape index (κ1) is 22.3. The average molecular weight is 426 g/mol. The second kappa shape index (κ2) is 9.50. The van der Waals surface area contributed by atoms with Gasteiger partial charge in [0, 0.05) is 17.2 Å². The average Bonchev–Trinajstić information content (AvgIpc) is 2.61. The first-order valence-electron chi connectivity index (χ1n) is 8.66. The Labute approximate surface area is 174 Å². The minimum atomic E-state index is -0.916. The highest BCUT2D eigenvalue weighted by Gasteiger charge is 2.34. The summed E-state index contributed by atoms with van der Waals surface area (Å²) in [5.74, 6) is -1.14. The quantitative estimate of drug-likeness (QED) is 0.617. The van der Waals surface area contributed by atoms with Crippen LogP contribution >= 0.6 is 23.2 Å². The van der Waals surface area contributed by atoms with E-state index < -0.39 is 17.3 Å². The molecular formula is C21H22Cl2FNO3. The number of ether oxygens (including phenoxy) is 1. The molecule has 0 unspecified atom stereocenters. The van der Waals surface area contributed by atoms with E-state index in [0.717, 1.165) is 0 Å². The number of halogens is 3. The van der Waals surface area contributed by atoms with Gasteiger partial charge in [0.25, 0.3) is 0 Å². The molecule has 0 saturated carbocycles. The number of ketones is 1. The molecule has 4 nitrogen and oxygen atoms in total. The van der Waals surface area contributed by atoms with Crippen molar-refractivity contribution in [3.05, 3.63) is 69.5 Å². The number of Topliss-reactive ketones (excluding diaryl/α,β-unsaturated/α-hetero) is 1. The van der Waals surface area contributed by atoms with Crippen molar-refractivity contribution in [1.82, 2.24) is 4.90 Å². The third-order valence-electron chi connectivity index (χ3n) is 4.48. The van der Waals surface area contributed by atoms with Gasteiger partial charge in [-0.1, -0.05) is 41.4 Å². The molecule has 2 aromatic carbocycles. The van der Waals surface area contributed by atoms with E-state index in [4.69, 9.17) is 27.9 Å². The summed E-state index contributed by atoms with van der Waals surface area (Å²) in [6.45, 7) is 3.26. The summed E-state index contributed by atoms with van der Waals surface area (Å²) in [7, 11) is 1.41. The highest BCUT2D eigenvalue weighted by atomic mass is 35.5. The van der Waals surface area contributed by atoms with Crippen molar-refractivity contribution < 1.29 is 18.7 Å². The lowest BCUT2D eigenvalue weighted by atomic mass is 9.91. The Bertz CT molecular complexity index is 850. The Hall–Kier alpha value is -1.95. The van der Waals surface area contributed by atoms with Gasteiger partial charge in [0.2, 0.25) is 5.91 Å². The van der Waals surface area contributed by atoms with Gasteiger partial charge in [-0.2, -0.15) is 0 Å². The number of hydrogen-bond acceptors (Lipinski definition) is 3. The van der Waals surface area contributed by atoms with Gasteiger partial charge in [-0.25, -0.2) is 4.39 Å². The summed E-state index contributed by atoms with van der Waals surface area (Å²) >= 11 is 12.2. The summed E-state index contributed by atoms with van der Waals surface area (Å²) in [4.78, 5) is 26.7. The van der Waals surface area contributed by atoms with Crippen molar-refractivity contribution in [2.75, 3.05) is 20.3 Å². The fraction of sp³-hybridized carbons (Fsp3) is 0.333. The number of amides is 1. The Kier molecular flexibility index (Phi) is 7.58. The molecule has 0 saturated heterocycles. The lowest BCUT2D eigenvalue weighted by molar-refractivity contribution is -0.141. The standard InChI is InChI=1S/C21H22Cl2FNO3/c1-21(2,15-9-16(22)11-17(23)10-15)25(12-18(26)13-28-3)20(27)8-14-6-4-5-7-19(14)24/h4-7,9-11H,8,12-13H2,1-3H3. The molecule has 0 atom stereocenters. The molecule has 7 heteroatoms. The molecule has 0 heterocycles. The predicted octanol–water partition coefficient (Wildman–Crippen LogP) is 4.65. The topological polar surface area (TPSA) is 46.6 Å². The number of carbonyl (C=O) groups is 2. The van der Waals surface area contributed by atoms with Crippen LogP contribution in [0.15, 0.2) is 42.5 Å². The van der Waals surface area contributed by atoms with Gasteiger partial charge < -0.3 is 9.64 Å². The van der Waals surface area contributed by atoms with Gasteiger partial charge in [0.15, 0.2) is 5.78 Å². The van der Waals surface area contributed by atoms with Gasteiger partial charge in [0.05, 0.1) is 18.5 Å². The highest BCUT2D eigenvalue weighted by molar-refractivity contribution is 6.34. The summed E-state index contributed by atoms with van der Waals surface area (Å²) in [5, 5.41) is 0.834. The van der Waals surface area contributed by atoms with Crippen molar-refractivity contribution in [3.63, 3.8) is 0 Å². The van der Waals surface area contributed by atoms with E-state index in [1.54, 1.807) is 50.2 Å². The number of methoxy groups -OCH3 is 1. The van der Waals surface area contributed by atoms with Crippen LogP contribution in [0.3, 0.4) is 0 Å². The second-order valence-corrected chi connectivity index (χ2v) is 7.81. The largest absolute Gasteiger partial charge is 0.377 e. The van der Waals surface area contributed by atoms with Crippen LogP contribution in [0.4, 0.5) is 4.39 Å². The van der Waals surface area contributed by atoms with E-state index in [0.29, 0.717) is 15.6 Å². The van der Waals surface area contributed by atoms with Crippen LogP contribution in [0.5, 0.6) is 0 Å². The van der Waals surface area contributed by atoms with Crippen LogP contribution in [-0.2, 0) is 26.3 Å². The van der Waals surface area contributed by atoms with Crippen molar-refractivity contribution in [3.8, 4) is 0 Å². The van der Waals surface area contributed by atoms with E-state index in [9.17, 15) is 14.0 Å². The highest BCUT2D eigenvalue weighted by Crippen LogP contribution is 2.32. The molecule has 0 N–H and O–H groups in total. The smallest absolute Gasteiger partial charge is 0.228 e. The van der Waals surface area contributed by atoms with Gasteiger partial charge in [-0.15, -0.1) is 0 Å². The summed E-state index contributed by atoms with van der Waals surface area (Å²) in [6, 6.07) is 11.0. The number of hydrogen-bond donors (Lipinski definition) is 0. The summed E-state index contributed by atoms with van der Waals surface area (Å²) < 4.78 is 18.9. The fourth-order valence-electron chi connectivity index (χ4n) is 2.94. The van der Waals surface area contributed by atoms with Crippen molar-refractivity contribution in [2.24, 2.45) is 0 Å². The molecule has 28 heavy (non-hydrogen) atoms. The van der Waals surface area contributed by atoms with E-state index in [2.05, 4.69) is 0 Å². The molecule has 0 aliphatic heterocycles. The molecule has 0 aliphatic rings. The lowest BCUT2D eigenvalue weighted by Crippen LogP contribution is -2.49. The maximum Gasteiger partial charge on any atom is 0.228 e. The minimum Gasteiger partial charge on any atom is -0.377 e. The molecule has 0 aliphatic carbocycles. The lowest BCUT2D eigenvalue weighted by Gasteiger charge is -2.39. The van der Waals surface area contributed by atoms with Gasteiger partial charge in [0.1, 0.15) is 12.4 Å². The Morgan fingerprint density at radius 3 is 2.29 bits per heavy atom. The molecular weight excluding hydrogens is 404 g/mol. The Balaban J connectivity index is 2.40. The van der Waals surface area contributed by atoms with E-state index in [1.807, 2.05) is 0 Å². The fourth-order valence-corrected chi connectivity index (χ4v) is 3.47. The Morgan fingerprint density at radius 2 is 1.71 bits per heavy atom. The Morgan fingerprint density at radius 1 is 1.11 bits per heavy atom. The van der Waals surface area contributed by atoms with Crippen molar-refractivity contribution >= 4 is 34.9 Å². The van der Waals surface area contributed by atoms with Gasteiger partial charge >= 0.3 is 0 Å². The zero-order valence-corrected chi connectivity index (χ0v) is 17.5. The number of rotatable bonds is 8. The van der Waals surface area contributed by atoms with E-state index in [-0.39, 0.29) is 30.9 Å². The first-order valence-corrected chi connectivity index (χ1v) is 9.42. The van der Waals surface area contributed by atoms with Crippen LogP contribution in [0.2, 0.25) is 10.0 Å². The molecule has 2 aromatic rings. The summed E-state index contributed by atoms with van der Waals surface area (Å²) in [5.41, 5.74) is 0.00835. The van der Waals surface area contributed by atoms with Crippen LogP contribution < -0.4 is 0 Å². The predicted molar refractivity (Wildman–Crippen MR) is 108 cm³/mol. The van der Waals surface area contributed by atoms with Crippen molar-refractivity contribution in [2.45, 2.75) is 25.8 Å². The zero-order chi connectivity index (χ0) is 20.9. The van der Waals surface area contributed by atoms with Crippen LogP contribution in [0.1, 0.15) is 25.0 Å². The number of carbonyl (C=O) groups excluding carboxylic acids is 2. The SMILES string of the molecule is COCC(=O)CN(C(=O)Cc1ccccc1F)C(C)(C)c1cc(Cl)cc(Cl)c1. The van der Waals surface area contributed by atoms with Gasteiger partial charge in [-0.3, -0.25) is 9.59 Å². The zero-order valence-electron chi connectivity index (χ0n) is 16.0. The van der Waals surface area contributed by atoms with Gasteiger partial charge in [-0.05, 0) is 49.2 Å². The molecule has 0 fully saturated rings. The first-order chi connectivity index (χ1) is 13.1. The third-order valence-corrected chi connectivity index (χ3v) is 4.92. The van der Waals surface area contributed by atoms with Crippen molar-refractivity contribution in [1.29, 1.82) is 0 Å². The van der Waals surface area contributed by atoms with Crippen LogP contribution in [0.25, 0.3) is 0 Å². The van der Waals surface area contributed by atoms with Crippen LogP contribution in [0, 0.1) is 5.82 Å². The molecule has 0 radical (unpaired) electrons. The number of benzene rings is 2. The van der Waals surface area contributed by atoms with E-state index >= 15 is 0 Å². The maximum absolute atomic E-state index is 14.0.